The molecule has 4 rings (SSSR count). The molecule has 2 aromatic carbocycles. The highest BCUT2D eigenvalue weighted by atomic mass is 32.2. The largest absolute Gasteiger partial charge is 0.485 e. The molecule has 1 aliphatic heterocycles. The molecule has 1 unspecified atom stereocenters. The first kappa shape index (κ1) is 13.5. The van der Waals surface area contributed by atoms with Gasteiger partial charge in [-0.3, -0.25) is 0 Å². The van der Waals surface area contributed by atoms with Crippen LogP contribution in [-0.2, 0) is 10.9 Å². The van der Waals surface area contributed by atoms with E-state index in [9.17, 15) is 0 Å². The summed E-state index contributed by atoms with van der Waals surface area (Å²) in [6.45, 7) is 2.24. The first-order valence-corrected chi connectivity index (χ1v) is 9.75. The molecule has 1 nitrogen and oxygen atoms in total. The lowest BCUT2D eigenvalue weighted by atomic mass is 10.1. The molecule has 0 N–H and O–H groups in total. The number of benzene rings is 2. The molecule has 21 heavy (non-hydrogen) atoms. The summed E-state index contributed by atoms with van der Waals surface area (Å²) < 4.78 is 6.40. The van der Waals surface area contributed by atoms with Crippen molar-refractivity contribution in [3.8, 4) is 5.75 Å². The number of hydrogen-bond acceptors (Lipinski definition) is 1. The van der Waals surface area contributed by atoms with Crippen LogP contribution in [0.25, 0.3) is 10.8 Å². The van der Waals surface area contributed by atoms with Crippen LogP contribution in [0.2, 0.25) is 0 Å². The highest BCUT2D eigenvalue weighted by Crippen LogP contribution is 2.40. The van der Waals surface area contributed by atoms with E-state index in [4.69, 9.17) is 4.74 Å². The molecular formula is C19H23OS+. The summed E-state index contributed by atoms with van der Waals surface area (Å²) in [6.07, 6.45) is 5.82. The number of fused-ring (bicyclic) bond motifs is 1. The predicted octanol–water partition coefficient (Wildman–Crippen LogP) is 4.79. The fourth-order valence-electron chi connectivity index (χ4n) is 3.33. The Morgan fingerprint density at radius 3 is 2.57 bits per heavy atom. The molecule has 2 fully saturated rings. The number of rotatable bonds is 4. The van der Waals surface area contributed by atoms with E-state index >= 15 is 0 Å². The zero-order valence-corrected chi connectivity index (χ0v) is 13.5. The molecule has 0 amide bonds. The third kappa shape index (κ3) is 2.66. The average molecular weight is 299 g/mol. The van der Waals surface area contributed by atoms with Gasteiger partial charge in [0.25, 0.3) is 0 Å². The van der Waals surface area contributed by atoms with Crippen LogP contribution in [0.3, 0.4) is 0 Å². The molecule has 1 atom stereocenters. The van der Waals surface area contributed by atoms with Gasteiger partial charge < -0.3 is 4.74 Å². The summed E-state index contributed by atoms with van der Waals surface area (Å²) in [5.74, 6) is 4.65. The molecule has 2 heteroatoms. The summed E-state index contributed by atoms with van der Waals surface area (Å²) in [6, 6.07) is 13.3. The normalized spacial score (nSPS) is 20.8. The van der Waals surface area contributed by atoms with Crippen LogP contribution in [0.4, 0.5) is 0 Å². The minimum Gasteiger partial charge on any atom is -0.485 e. The number of hydrogen-bond donors (Lipinski definition) is 0. The van der Waals surface area contributed by atoms with Gasteiger partial charge in [-0.05, 0) is 56.0 Å². The fraction of sp³-hybridized carbons (Fsp3) is 0.474. The quantitative estimate of drug-likeness (QED) is 0.738. The first-order chi connectivity index (χ1) is 10.3. The molecule has 1 aliphatic carbocycles. The van der Waals surface area contributed by atoms with Gasteiger partial charge in [0.05, 0.1) is 6.10 Å². The number of ether oxygens (including phenoxy) is 1. The van der Waals surface area contributed by atoms with Crippen molar-refractivity contribution in [1.82, 2.24) is 0 Å². The van der Waals surface area contributed by atoms with Crippen molar-refractivity contribution in [2.24, 2.45) is 5.92 Å². The van der Waals surface area contributed by atoms with Crippen molar-refractivity contribution in [1.29, 1.82) is 0 Å². The van der Waals surface area contributed by atoms with Gasteiger partial charge in [-0.2, -0.15) is 0 Å². The van der Waals surface area contributed by atoms with Crippen LogP contribution in [0, 0.1) is 5.92 Å². The lowest BCUT2D eigenvalue weighted by Crippen LogP contribution is -2.16. The minimum atomic E-state index is 0.371. The lowest BCUT2D eigenvalue weighted by Gasteiger charge is -2.17. The molecule has 0 spiro atoms. The third-order valence-electron chi connectivity index (χ3n) is 4.76. The van der Waals surface area contributed by atoms with Crippen molar-refractivity contribution in [3.05, 3.63) is 36.4 Å². The van der Waals surface area contributed by atoms with E-state index in [1.165, 1.54) is 58.6 Å². The van der Waals surface area contributed by atoms with Crippen LogP contribution in [0.15, 0.2) is 41.3 Å². The zero-order chi connectivity index (χ0) is 14.2. The zero-order valence-electron chi connectivity index (χ0n) is 12.7. The van der Waals surface area contributed by atoms with Crippen LogP contribution < -0.4 is 4.74 Å². The van der Waals surface area contributed by atoms with Crippen LogP contribution in [0.5, 0.6) is 5.75 Å². The van der Waals surface area contributed by atoms with E-state index in [2.05, 4.69) is 43.3 Å². The molecule has 0 radical (unpaired) electrons. The molecule has 1 saturated carbocycles. The highest BCUT2D eigenvalue weighted by molar-refractivity contribution is 7.97. The van der Waals surface area contributed by atoms with Crippen molar-refractivity contribution < 1.29 is 4.74 Å². The summed E-state index contributed by atoms with van der Waals surface area (Å²) in [5, 5.41) is 2.78. The Labute approximate surface area is 130 Å². The van der Waals surface area contributed by atoms with Gasteiger partial charge in [0.15, 0.2) is 5.75 Å². The lowest BCUT2D eigenvalue weighted by molar-refractivity contribution is 0.193. The molecular weight excluding hydrogens is 276 g/mol. The Bertz CT molecular complexity index is 641. The third-order valence-corrected chi connectivity index (χ3v) is 7.32. The van der Waals surface area contributed by atoms with E-state index in [1.807, 2.05) is 0 Å². The van der Waals surface area contributed by atoms with Gasteiger partial charge >= 0.3 is 0 Å². The van der Waals surface area contributed by atoms with Crippen molar-refractivity contribution >= 4 is 21.7 Å². The minimum absolute atomic E-state index is 0.371. The van der Waals surface area contributed by atoms with Gasteiger partial charge in [-0.25, -0.2) is 0 Å². The second-order valence-corrected chi connectivity index (χ2v) is 8.59. The van der Waals surface area contributed by atoms with Gasteiger partial charge in [0.1, 0.15) is 11.5 Å². The van der Waals surface area contributed by atoms with Crippen LogP contribution in [0.1, 0.15) is 32.6 Å². The molecule has 2 aromatic rings. The SMILES string of the molecule is CC(Oc1ccc2ccccc2c1[S+]1CCCC1)C1CC1. The topological polar surface area (TPSA) is 9.23 Å². The smallest absolute Gasteiger partial charge is 0.204 e. The Hall–Kier alpha value is -1.15. The predicted molar refractivity (Wildman–Crippen MR) is 91.4 cm³/mol. The van der Waals surface area contributed by atoms with Gasteiger partial charge in [0.2, 0.25) is 4.90 Å². The second kappa shape index (κ2) is 5.57. The van der Waals surface area contributed by atoms with Gasteiger partial charge in [-0.1, -0.05) is 24.3 Å². The van der Waals surface area contributed by atoms with E-state index < -0.39 is 0 Å². The average Bonchev–Trinajstić information content (AvgIpc) is 3.23. The molecule has 0 aromatic heterocycles. The summed E-state index contributed by atoms with van der Waals surface area (Å²) in [4.78, 5) is 1.51. The fourth-order valence-corrected chi connectivity index (χ4v) is 5.95. The Balaban J connectivity index is 1.78. The summed E-state index contributed by atoms with van der Waals surface area (Å²) >= 11 is 0. The Kier molecular flexibility index (Phi) is 3.58. The Morgan fingerprint density at radius 1 is 1.05 bits per heavy atom. The van der Waals surface area contributed by atoms with E-state index in [0.29, 0.717) is 17.0 Å². The van der Waals surface area contributed by atoms with Crippen molar-refractivity contribution in [3.63, 3.8) is 0 Å². The maximum Gasteiger partial charge on any atom is 0.204 e. The second-order valence-electron chi connectivity index (χ2n) is 6.38. The Morgan fingerprint density at radius 2 is 1.81 bits per heavy atom. The van der Waals surface area contributed by atoms with Crippen molar-refractivity contribution in [2.75, 3.05) is 11.5 Å². The maximum atomic E-state index is 6.40. The standard InChI is InChI=1S/C19H23OS/c1-14(15-8-9-15)20-18-11-10-16-6-2-3-7-17(16)19(18)21-12-4-5-13-21/h2-3,6-7,10-11,14-15H,4-5,8-9,12-13H2,1H3/q+1. The maximum absolute atomic E-state index is 6.40. The van der Waals surface area contributed by atoms with Gasteiger partial charge in [0, 0.05) is 16.3 Å². The molecule has 1 heterocycles. The molecule has 2 aliphatic rings. The van der Waals surface area contributed by atoms with Crippen LogP contribution >= 0.6 is 0 Å². The first-order valence-electron chi connectivity index (χ1n) is 8.19. The van der Waals surface area contributed by atoms with Crippen molar-refractivity contribution in [2.45, 2.75) is 43.6 Å². The van der Waals surface area contributed by atoms with Crippen LogP contribution in [-0.4, -0.2) is 17.6 Å². The van der Waals surface area contributed by atoms with E-state index in [-0.39, 0.29) is 0 Å². The molecule has 1 saturated heterocycles. The molecule has 0 bridgehead atoms. The van der Waals surface area contributed by atoms with E-state index in [1.54, 1.807) is 0 Å². The monoisotopic (exact) mass is 299 g/mol. The highest BCUT2D eigenvalue weighted by Gasteiger charge is 2.35. The summed E-state index contributed by atoms with van der Waals surface area (Å²) in [7, 11) is 0.389. The van der Waals surface area contributed by atoms with E-state index in [0.717, 1.165) is 5.92 Å². The molecule has 110 valence electrons. The summed E-state index contributed by atoms with van der Waals surface area (Å²) in [5.41, 5.74) is 0. The van der Waals surface area contributed by atoms with Gasteiger partial charge in [-0.15, -0.1) is 0 Å².